The number of aliphatic imine (C=N–C) groups is 1. The third-order valence-corrected chi connectivity index (χ3v) is 3.50. The molecule has 0 saturated carbocycles. The maximum atomic E-state index is 5.98. The smallest absolute Gasteiger partial charge is 0.248 e. The molecule has 0 amide bonds. The molecule has 0 saturated heterocycles. The molecule has 0 bridgehead atoms. The zero-order valence-electron chi connectivity index (χ0n) is 14.0. The van der Waals surface area contributed by atoms with E-state index in [4.69, 9.17) is 16.1 Å². The summed E-state index contributed by atoms with van der Waals surface area (Å²) in [4.78, 5) is 8.82. The summed E-state index contributed by atoms with van der Waals surface area (Å²) in [7, 11) is 0. The van der Waals surface area contributed by atoms with Crippen LogP contribution in [0, 0.1) is 0 Å². The lowest BCUT2D eigenvalue weighted by Crippen LogP contribution is -2.41. The topological polar surface area (TPSA) is 75.3 Å². The Bertz CT molecular complexity index is 661. The van der Waals surface area contributed by atoms with Crippen molar-refractivity contribution in [3.05, 3.63) is 35.2 Å². The number of hydrogen-bond acceptors (Lipinski definition) is 4. The maximum Gasteiger partial charge on any atom is 0.248 e. The van der Waals surface area contributed by atoms with Crippen molar-refractivity contribution < 1.29 is 4.52 Å². The molecule has 1 heterocycles. The number of aromatic nitrogens is 2. The fraction of sp³-hybridized carbons (Fsp3) is 0.438. The molecule has 1 aromatic carbocycles. The normalized spacial score (nSPS) is 12.4. The van der Waals surface area contributed by atoms with Crippen molar-refractivity contribution in [3.63, 3.8) is 0 Å². The molecule has 2 N–H and O–H groups in total. The van der Waals surface area contributed by atoms with Crippen LogP contribution in [-0.4, -0.2) is 28.7 Å². The molecule has 0 radical (unpaired) electrons. The second kappa shape index (κ2) is 10.5. The lowest BCUT2D eigenvalue weighted by molar-refractivity contribution is 0.380. The Morgan fingerprint density at radius 2 is 2.17 bits per heavy atom. The molecular weight excluding hydrogens is 441 g/mol. The first kappa shape index (κ1) is 20.7. The molecule has 8 heteroatoms. The van der Waals surface area contributed by atoms with Crippen LogP contribution in [0.3, 0.4) is 0 Å². The minimum atomic E-state index is 0. The largest absolute Gasteiger partial charge is 0.357 e. The molecular formula is C16H23ClIN5O. The van der Waals surface area contributed by atoms with E-state index >= 15 is 0 Å². The summed E-state index contributed by atoms with van der Waals surface area (Å²) < 4.78 is 5.25. The van der Waals surface area contributed by atoms with Gasteiger partial charge in [0.25, 0.3) is 0 Å². The zero-order chi connectivity index (χ0) is 16.7. The number of nitrogens with one attached hydrogen (secondary N) is 2. The van der Waals surface area contributed by atoms with Crippen molar-refractivity contribution in [1.29, 1.82) is 0 Å². The van der Waals surface area contributed by atoms with Gasteiger partial charge in [-0.25, -0.2) is 4.99 Å². The van der Waals surface area contributed by atoms with Gasteiger partial charge in [0.2, 0.25) is 11.7 Å². The van der Waals surface area contributed by atoms with Gasteiger partial charge in [0.05, 0.1) is 0 Å². The van der Waals surface area contributed by atoms with Crippen LogP contribution in [0.15, 0.2) is 33.8 Å². The molecule has 0 aliphatic rings. The van der Waals surface area contributed by atoms with Crippen molar-refractivity contribution in [2.75, 3.05) is 6.54 Å². The van der Waals surface area contributed by atoms with Crippen molar-refractivity contribution in [1.82, 2.24) is 20.8 Å². The van der Waals surface area contributed by atoms with Crippen LogP contribution < -0.4 is 10.6 Å². The van der Waals surface area contributed by atoms with Crippen LogP contribution in [0.2, 0.25) is 5.02 Å². The highest BCUT2D eigenvalue weighted by atomic mass is 127. The Kier molecular flexibility index (Phi) is 9.05. The van der Waals surface area contributed by atoms with Gasteiger partial charge < -0.3 is 15.2 Å². The van der Waals surface area contributed by atoms with Crippen LogP contribution in [-0.2, 0) is 6.54 Å². The number of guanidine groups is 1. The van der Waals surface area contributed by atoms with Crippen molar-refractivity contribution >= 4 is 41.5 Å². The predicted octanol–water partition coefficient (Wildman–Crippen LogP) is 3.86. The average Bonchev–Trinajstić information content (AvgIpc) is 3.01. The molecule has 1 atom stereocenters. The summed E-state index contributed by atoms with van der Waals surface area (Å²) in [6.45, 7) is 7.37. The summed E-state index contributed by atoms with van der Waals surface area (Å²) in [6.07, 6.45) is 1.02. The summed E-state index contributed by atoms with van der Waals surface area (Å²) >= 11 is 5.98. The Labute approximate surface area is 164 Å². The van der Waals surface area contributed by atoms with Gasteiger partial charge >= 0.3 is 0 Å². The second-order valence-corrected chi connectivity index (χ2v) is 5.61. The van der Waals surface area contributed by atoms with Gasteiger partial charge in [-0.1, -0.05) is 35.8 Å². The lowest BCUT2D eigenvalue weighted by atomic mass is 10.2. The van der Waals surface area contributed by atoms with Gasteiger partial charge in [-0.2, -0.15) is 4.98 Å². The van der Waals surface area contributed by atoms with E-state index in [1.807, 2.05) is 19.1 Å². The van der Waals surface area contributed by atoms with Crippen LogP contribution >= 0.6 is 35.6 Å². The molecule has 1 aromatic heterocycles. The van der Waals surface area contributed by atoms with E-state index in [1.165, 1.54) is 0 Å². The molecule has 0 aliphatic heterocycles. The molecule has 24 heavy (non-hydrogen) atoms. The highest BCUT2D eigenvalue weighted by molar-refractivity contribution is 14.0. The zero-order valence-corrected chi connectivity index (χ0v) is 17.1. The molecule has 2 rings (SSSR count). The molecule has 0 aliphatic carbocycles. The lowest BCUT2D eigenvalue weighted by Gasteiger charge is -2.15. The van der Waals surface area contributed by atoms with Gasteiger partial charge in [0.15, 0.2) is 5.96 Å². The summed E-state index contributed by atoms with van der Waals surface area (Å²) in [5.41, 5.74) is 0.820. The number of hydrogen-bond donors (Lipinski definition) is 2. The molecule has 1 unspecified atom stereocenters. The third-order valence-electron chi connectivity index (χ3n) is 3.26. The molecule has 6 nitrogen and oxygen atoms in total. The van der Waals surface area contributed by atoms with Crippen molar-refractivity contribution in [2.45, 2.75) is 39.8 Å². The fourth-order valence-corrected chi connectivity index (χ4v) is 2.06. The summed E-state index contributed by atoms with van der Waals surface area (Å²) in [5, 5.41) is 11.1. The highest BCUT2D eigenvalue weighted by Gasteiger charge is 2.09. The highest BCUT2D eigenvalue weighted by Crippen LogP contribution is 2.19. The van der Waals surface area contributed by atoms with E-state index < -0.39 is 0 Å². The van der Waals surface area contributed by atoms with Gasteiger partial charge in [-0.05, 0) is 32.4 Å². The van der Waals surface area contributed by atoms with Gasteiger partial charge in [0.1, 0.15) is 6.54 Å². The van der Waals surface area contributed by atoms with Gasteiger partial charge in [-0.15, -0.1) is 24.0 Å². The average molecular weight is 464 g/mol. The van der Waals surface area contributed by atoms with Gasteiger partial charge in [-0.3, -0.25) is 0 Å². The van der Waals surface area contributed by atoms with E-state index in [0.717, 1.165) is 24.5 Å². The molecule has 0 spiro atoms. The summed E-state index contributed by atoms with van der Waals surface area (Å²) in [5.74, 6) is 1.71. The fourth-order valence-electron chi connectivity index (χ4n) is 1.87. The standard InChI is InChI=1S/C16H22ClN5O.HI/c1-4-11(3)20-16(18-5-2)19-10-14-21-15(22-23-14)12-7-6-8-13(17)9-12;/h6-9,11H,4-5,10H2,1-3H3,(H2,18,19,20);1H. The molecule has 132 valence electrons. The van der Waals surface area contributed by atoms with Crippen molar-refractivity contribution in [3.8, 4) is 11.4 Å². The first-order chi connectivity index (χ1) is 11.1. The predicted molar refractivity (Wildman–Crippen MR) is 108 cm³/mol. The summed E-state index contributed by atoms with van der Waals surface area (Å²) in [6, 6.07) is 7.69. The van der Waals surface area contributed by atoms with E-state index in [-0.39, 0.29) is 24.0 Å². The van der Waals surface area contributed by atoms with Crippen LogP contribution in [0.4, 0.5) is 0 Å². The first-order valence-corrected chi connectivity index (χ1v) is 8.13. The van der Waals surface area contributed by atoms with E-state index in [0.29, 0.717) is 29.3 Å². The quantitative estimate of drug-likeness (QED) is 0.386. The first-order valence-electron chi connectivity index (χ1n) is 7.75. The van der Waals surface area contributed by atoms with Crippen LogP contribution in [0.25, 0.3) is 11.4 Å². The van der Waals surface area contributed by atoms with Gasteiger partial charge in [0, 0.05) is 23.2 Å². The molecule has 0 fully saturated rings. The number of nitrogens with zero attached hydrogens (tertiary/aromatic N) is 3. The van der Waals surface area contributed by atoms with Crippen LogP contribution in [0.1, 0.15) is 33.1 Å². The number of benzene rings is 1. The Hall–Kier alpha value is -1.35. The van der Waals surface area contributed by atoms with E-state index in [2.05, 4.69) is 39.6 Å². The Morgan fingerprint density at radius 3 is 2.83 bits per heavy atom. The number of rotatable bonds is 6. The third kappa shape index (κ3) is 6.27. The van der Waals surface area contributed by atoms with E-state index in [1.54, 1.807) is 12.1 Å². The SMILES string of the molecule is CCNC(=NCc1nc(-c2cccc(Cl)c2)no1)NC(C)CC.I. The maximum absolute atomic E-state index is 5.98. The van der Waals surface area contributed by atoms with Crippen LogP contribution in [0.5, 0.6) is 0 Å². The number of halogens is 2. The Morgan fingerprint density at radius 1 is 1.38 bits per heavy atom. The molecule has 2 aromatic rings. The minimum absolute atomic E-state index is 0. The Balaban J connectivity index is 0.00000288. The van der Waals surface area contributed by atoms with E-state index in [9.17, 15) is 0 Å². The second-order valence-electron chi connectivity index (χ2n) is 5.17. The minimum Gasteiger partial charge on any atom is -0.357 e. The van der Waals surface area contributed by atoms with Crippen molar-refractivity contribution in [2.24, 2.45) is 4.99 Å². The monoisotopic (exact) mass is 463 g/mol.